The summed E-state index contributed by atoms with van der Waals surface area (Å²) in [6, 6.07) is 13.5. The Kier molecular flexibility index (Phi) is 4.47. The normalized spacial score (nSPS) is 10.9. The quantitative estimate of drug-likeness (QED) is 0.751. The van der Waals surface area contributed by atoms with Gasteiger partial charge in [0.05, 0.1) is 12.6 Å². The minimum absolute atomic E-state index is 0.0715. The van der Waals surface area contributed by atoms with Gasteiger partial charge in [-0.2, -0.15) is 0 Å². The Morgan fingerprint density at radius 1 is 1.09 bits per heavy atom. The first-order valence-electron chi connectivity index (χ1n) is 8.02. The zero-order valence-electron chi connectivity index (χ0n) is 13.6. The highest BCUT2D eigenvalue weighted by molar-refractivity contribution is 5.85. The molecule has 3 heteroatoms. The van der Waals surface area contributed by atoms with Gasteiger partial charge in [0.15, 0.2) is 5.43 Å². The van der Waals surface area contributed by atoms with Crippen LogP contribution in [-0.2, 0) is 6.42 Å². The second-order valence-electron chi connectivity index (χ2n) is 5.70. The van der Waals surface area contributed by atoms with Crippen molar-refractivity contribution in [2.45, 2.75) is 26.2 Å². The fourth-order valence-corrected chi connectivity index (χ4v) is 2.88. The van der Waals surface area contributed by atoms with Crippen LogP contribution < -0.4 is 10.2 Å². The number of aromatic amines is 1. The van der Waals surface area contributed by atoms with E-state index in [2.05, 4.69) is 18.0 Å². The second-order valence-corrected chi connectivity index (χ2v) is 5.70. The van der Waals surface area contributed by atoms with Crippen molar-refractivity contribution in [1.29, 1.82) is 0 Å². The van der Waals surface area contributed by atoms with Crippen LogP contribution in [0.2, 0.25) is 0 Å². The predicted octanol–water partition coefficient (Wildman–Crippen LogP) is 4.55. The van der Waals surface area contributed by atoms with Crippen molar-refractivity contribution in [2.75, 3.05) is 7.11 Å². The molecule has 3 rings (SSSR count). The van der Waals surface area contributed by atoms with Gasteiger partial charge in [0.25, 0.3) is 0 Å². The number of H-pyrrole nitrogens is 1. The predicted molar refractivity (Wildman–Crippen MR) is 95.2 cm³/mol. The molecule has 0 amide bonds. The Labute approximate surface area is 135 Å². The first-order chi connectivity index (χ1) is 11.2. The summed E-state index contributed by atoms with van der Waals surface area (Å²) in [7, 11) is 1.63. The first kappa shape index (κ1) is 15.3. The third-order valence-corrected chi connectivity index (χ3v) is 4.20. The third kappa shape index (κ3) is 3.00. The van der Waals surface area contributed by atoms with Crippen molar-refractivity contribution in [2.24, 2.45) is 0 Å². The van der Waals surface area contributed by atoms with Gasteiger partial charge in [-0.25, -0.2) is 0 Å². The Morgan fingerprint density at radius 3 is 2.57 bits per heavy atom. The summed E-state index contributed by atoms with van der Waals surface area (Å²) in [6.45, 7) is 2.18. The number of hydrogen-bond acceptors (Lipinski definition) is 2. The molecule has 0 saturated heterocycles. The van der Waals surface area contributed by atoms with Gasteiger partial charge in [0.1, 0.15) is 5.75 Å². The Hall–Kier alpha value is -2.55. The zero-order chi connectivity index (χ0) is 16.2. The molecule has 0 unspecified atom stereocenters. The molecule has 118 valence electrons. The van der Waals surface area contributed by atoms with Crippen molar-refractivity contribution in [3.05, 3.63) is 64.4 Å². The van der Waals surface area contributed by atoms with Crippen LogP contribution in [0.1, 0.15) is 25.3 Å². The van der Waals surface area contributed by atoms with Gasteiger partial charge in [-0.05, 0) is 42.2 Å². The number of ether oxygens (including phenoxy) is 1. The molecule has 3 aromatic rings. The maximum Gasteiger partial charge on any atom is 0.197 e. The molecule has 1 aromatic heterocycles. The van der Waals surface area contributed by atoms with E-state index in [1.54, 1.807) is 7.11 Å². The van der Waals surface area contributed by atoms with Crippen molar-refractivity contribution in [3.63, 3.8) is 0 Å². The third-order valence-electron chi connectivity index (χ3n) is 4.20. The van der Waals surface area contributed by atoms with Crippen LogP contribution in [-0.4, -0.2) is 12.1 Å². The van der Waals surface area contributed by atoms with E-state index in [9.17, 15) is 4.79 Å². The molecule has 23 heavy (non-hydrogen) atoms. The van der Waals surface area contributed by atoms with Gasteiger partial charge in [-0.15, -0.1) is 0 Å². The number of pyridine rings is 1. The fourth-order valence-electron chi connectivity index (χ4n) is 2.88. The number of rotatable bonds is 5. The summed E-state index contributed by atoms with van der Waals surface area (Å²) < 4.78 is 5.17. The van der Waals surface area contributed by atoms with Crippen LogP contribution in [0.3, 0.4) is 0 Å². The minimum Gasteiger partial charge on any atom is -0.497 e. The molecule has 0 atom stereocenters. The summed E-state index contributed by atoms with van der Waals surface area (Å²) in [5, 5.41) is 0.756. The van der Waals surface area contributed by atoms with Crippen LogP contribution in [0.15, 0.2) is 53.5 Å². The number of aromatic nitrogens is 1. The maximum absolute atomic E-state index is 12.9. The van der Waals surface area contributed by atoms with Crippen molar-refractivity contribution in [1.82, 2.24) is 4.98 Å². The molecule has 3 nitrogen and oxygen atoms in total. The molecule has 0 aliphatic rings. The molecule has 0 spiro atoms. The lowest BCUT2D eigenvalue weighted by atomic mass is 10.0. The molecule has 0 radical (unpaired) electrons. The number of unbranched alkanes of at least 4 members (excludes halogenated alkanes) is 1. The van der Waals surface area contributed by atoms with Crippen molar-refractivity contribution in [3.8, 4) is 16.9 Å². The topological polar surface area (TPSA) is 42.1 Å². The smallest absolute Gasteiger partial charge is 0.197 e. The number of methoxy groups -OCH3 is 1. The van der Waals surface area contributed by atoms with Crippen LogP contribution in [0, 0.1) is 0 Å². The summed E-state index contributed by atoms with van der Waals surface area (Å²) in [6.07, 6.45) is 5.08. The summed E-state index contributed by atoms with van der Waals surface area (Å²) in [5.41, 5.74) is 3.83. The summed E-state index contributed by atoms with van der Waals surface area (Å²) in [4.78, 5) is 16.2. The molecule has 1 heterocycles. The molecule has 0 aliphatic heterocycles. The fraction of sp³-hybridized carbons (Fsp3) is 0.250. The second kappa shape index (κ2) is 6.69. The molecule has 1 N–H and O–H groups in total. The van der Waals surface area contributed by atoms with Crippen molar-refractivity contribution < 1.29 is 4.74 Å². The molecule has 0 bridgehead atoms. The van der Waals surface area contributed by atoms with Crippen LogP contribution in [0.4, 0.5) is 0 Å². The highest BCUT2D eigenvalue weighted by Gasteiger charge is 2.09. The van der Waals surface area contributed by atoms with Gasteiger partial charge >= 0.3 is 0 Å². The van der Waals surface area contributed by atoms with E-state index in [4.69, 9.17) is 4.74 Å². The van der Waals surface area contributed by atoms with Crippen LogP contribution in [0.25, 0.3) is 22.0 Å². The molecule has 2 aromatic carbocycles. The van der Waals surface area contributed by atoms with Crippen LogP contribution in [0.5, 0.6) is 5.75 Å². The Balaban J connectivity index is 2.10. The van der Waals surface area contributed by atoms with E-state index in [1.807, 2.05) is 42.6 Å². The number of benzene rings is 2. The molecular formula is C20H21NO2. The van der Waals surface area contributed by atoms with E-state index in [0.717, 1.165) is 41.5 Å². The van der Waals surface area contributed by atoms with E-state index < -0.39 is 0 Å². The molecule has 0 fully saturated rings. The molecular weight excluding hydrogens is 286 g/mol. The SMILES string of the molecule is CCCCc1cccc2c(=O)c(-c3ccc(OC)cc3)c[nH]c12. The van der Waals surface area contributed by atoms with E-state index in [1.165, 1.54) is 5.56 Å². The van der Waals surface area contributed by atoms with E-state index >= 15 is 0 Å². The lowest BCUT2D eigenvalue weighted by Crippen LogP contribution is -2.07. The van der Waals surface area contributed by atoms with Crippen molar-refractivity contribution >= 4 is 10.9 Å². The number of para-hydroxylation sites is 1. The van der Waals surface area contributed by atoms with E-state index in [0.29, 0.717) is 5.56 Å². The van der Waals surface area contributed by atoms with Gasteiger partial charge in [0.2, 0.25) is 0 Å². The molecule has 0 saturated carbocycles. The lowest BCUT2D eigenvalue weighted by Gasteiger charge is -2.08. The number of hydrogen-bond donors (Lipinski definition) is 1. The van der Waals surface area contributed by atoms with Gasteiger partial charge in [-0.1, -0.05) is 37.6 Å². The highest BCUT2D eigenvalue weighted by atomic mass is 16.5. The van der Waals surface area contributed by atoms with Gasteiger partial charge in [-0.3, -0.25) is 4.79 Å². The average molecular weight is 307 g/mol. The number of aryl methyl sites for hydroxylation is 1. The van der Waals surface area contributed by atoms with Crippen LogP contribution >= 0.6 is 0 Å². The Morgan fingerprint density at radius 2 is 1.87 bits per heavy atom. The lowest BCUT2D eigenvalue weighted by molar-refractivity contribution is 0.415. The zero-order valence-corrected chi connectivity index (χ0v) is 13.6. The number of fused-ring (bicyclic) bond motifs is 1. The molecule has 0 aliphatic carbocycles. The van der Waals surface area contributed by atoms with Gasteiger partial charge < -0.3 is 9.72 Å². The largest absolute Gasteiger partial charge is 0.497 e. The number of nitrogens with one attached hydrogen (secondary N) is 1. The Bertz CT molecular complexity index is 863. The average Bonchev–Trinajstić information content (AvgIpc) is 2.60. The first-order valence-corrected chi connectivity index (χ1v) is 8.02. The standard InChI is InChI=1S/C20H21NO2/c1-3-4-6-15-7-5-8-17-19(15)21-13-18(20(17)22)14-9-11-16(23-2)12-10-14/h5,7-13H,3-4,6H2,1-2H3,(H,21,22). The summed E-state index contributed by atoms with van der Waals surface area (Å²) >= 11 is 0. The minimum atomic E-state index is 0.0715. The monoisotopic (exact) mass is 307 g/mol. The summed E-state index contributed by atoms with van der Waals surface area (Å²) in [5.74, 6) is 0.785. The van der Waals surface area contributed by atoms with E-state index in [-0.39, 0.29) is 5.43 Å². The highest BCUT2D eigenvalue weighted by Crippen LogP contribution is 2.22. The van der Waals surface area contributed by atoms with Gasteiger partial charge in [0, 0.05) is 17.1 Å². The maximum atomic E-state index is 12.9.